The topological polar surface area (TPSA) is 109 Å². The van der Waals surface area contributed by atoms with E-state index in [-0.39, 0.29) is 18.5 Å². The van der Waals surface area contributed by atoms with E-state index in [9.17, 15) is 14.4 Å². The van der Waals surface area contributed by atoms with E-state index in [1.165, 1.54) is 29.2 Å². The van der Waals surface area contributed by atoms with Crippen molar-refractivity contribution >= 4 is 40.9 Å². The van der Waals surface area contributed by atoms with E-state index in [1.807, 2.05) is 6.07 Å². The van der Waals surface area contributed by atoms with Crippen molar-refractivity contribution in [2.75, 3.05) is 23.4 Å². The van der Waals surface area contributed by atoms with Crippen LogP contribution in [0.25, 0.3) is 0 Å². The number of halogens is 1. The second-order valence-electron chi connectivity index (χ2n) is 7.71. The Labute approximate surface area is 191 Å². The monoisotopic (exact) mass is 457 g/mol. The fourth-order valence-corrected chi connectivity index (χ4v) is 2.79. The lowest BCUT2D eigenvalue weighted by Gasteiger charge is -2.22. The molecule has 0 saturated heterocycles. The van der Waals surface area contributed by atoms with Crippen LogP contribution in [0.5, 0.6) is 0 Å². The molecule has 32 heavy (non-hydrogen) atoms. The summed E-state index contributed by atoms with van der Waals surface area (Å²) in [7, 11) is 0. The predicted octanol–water partition coefficient (Wildman–Crippen LogP) is 4.79. The number of carbonyl (C=O) groups is 3. The normalized spacial score (nSPS) is 10.6. The Morgan fingerprint density at radius 1 is 1.12 bits per heavy atom. The smallest absolute Gasteiger partial charge is 0.412 e. The number of hydrogen-bond donors (Lipinski definition) is 1. The Morgan fingerprint density at radius 3 is 2.41 bits per heavy atom. The molecule has 0 atom stereocenters. The quantitative estimate of drug-likeness (QED) is 0.598. The maximum atomic E-state index is 12.6. The molecule has 0 saturated carbocycles. The van der Waals surface area contributed by atoms with Crippen LogP contribution in [-0.2, 0) is 14.3 Å². The molecule has 0 aliphatic heterocycles. The molecule has 0 heterocycles. The Hall–Kier alpha value is -3.57. The molecule has 0 unspecified atom stereocenters. The lowest BCUT2D eigenvalue weighted by Crippen LogP contribution is -2.35. The number of amides is 2. The average Bonchev–Trinajstić information content (AvgIpc) is 2.71. The summed E-state index contributed by atoms with van der Waals surface area (Å²) in [6.45, 7) is 4.88. The van der Waals surface area contributed by atoms with Gasteiger partial charge in [-0.05, 0) is 63.2 Å². The maximum Gasteiger partial charge on any atom is 0.412 e. The third-order valence-electron chi connectivity index (χ3n) is 3.96. The lowest BCUT2D eigenvalue weighted by molar-refractivity contribution is -0.121. The first-order chi connectivity index (χ1) is 15.1. The minimum Gasteiger partial charge on any atom is -0.452 e. The highest BCUT2D eigenvalue weighted by molar-refractivity contribution is 6.30. The number of nitriles is 1. The molecule has 8 nitrogen and oxygen atoms in total. The summed E-state index contributed by atoms with van der Waals surface area (Å²) in [5.41, 5.74) is 0.521. The number of hydrogen-bond acceptors (Lipinski definition) is 6. The lowest BCUT2D eigenvalue weighted by atomic mass is 10.2. The molecule has 2 amide bonds. The summed E-state index contributed by atoms with van der Waals surface area (Å²) >= 11 is 5.99. The molecule has 0 bridgehead atoms. The van der Waals surface area contributed by atoms with Crippen molar-refractivity contribution in [3.63, 3.8) is 0 Å². The summed E-state index contributed by atoms with van der Waals surface area (Å²) in [5.74, 6) is -1.19. The van der Waals surface area contributed by atoms with Gasteiger partial charge in [0.2, 0.25) is 0 Å². The molecular weight excluding hydrogens is 434 g/mol. The highest BCUT2D eigenvalue weighted by Crippen LogP contribution is 2.20. The fourth-order valence-electron chi connectivity index (χ4n) is 2.60. The highest BCUT2D eigenvalue weighted by Gasteiger charge is 2.19. The SMILES string of the molecule is CC(C)(C)OC(=O)Nc1ccc(C(=O)OCC(=O)N(CCC#N)c2cccc(Cl)c2)cc1. The summed E-state index contributed by atoms with van der Waals surface area (Å²) in [5, 5.41) is 11.9. The van der Waals surface area contributed by atoms with Gasteiger partial charge in [-0.15, -0.1) is 0 Å². The Kier molecular flexibility index (Phi) is 8.62. The van der Waals surface area contributed by atoms with Gasteiger partial charge in [-0.25, -0.2) is 9.59 Å². The molecule has 168 valence electrons. The number of carbonyl (C=O) groups excluding carboxylic acids is 3. The van der Waals surface area contributed by atoms with E-state index >= 15 is 0 Å². The third-order valence-corrected chi connectivity index (χ3v) is 4.20. The largest absolute Gasteiger partial charge is 0.452 e. The first kappa shape index (κ1) is 24.7. The van der Waals surface area contributed by atoms with E-state index < -0.39 is 30.2 Å². The molecule has 1 N–H and O–H groups in total. The maximum absolute atomic E-state index is 12.6. The van der Waals surface area contributed by atoms with Crippen molar-refractivity contribution in [1.82, 2.24) is 0 Å². The van der Waals surface area contributed by atoms with Gasteiger partial charge >= 0.3 is 12.1 Å². The van der Waals surface area contributed by atoms with Crippen molar-refractivity contribution in [2.24, 2.45) is 0 Å². The summed E-state index contributed by atoms with van der Waals surface area (Å²) in [4.78, 5) is 38.1. The number of rotatable bonds is 7. The minimum atomic E-state index is -0.700. The van der Waals surface area contributed by atoms with E-state index in [4.69, 9.17) is 26.3 Å². The first-order valence-corrected chi connectivity index (χ1v) is 10.2. The van der Waals surface area contributed by atoms with Gasteiger partial charge in [0.15, 0.2) is 6.61 Å². The second kappa shape index (κ2) is 11.2. The van der Waals surface area contributed by atoms with Crippen LogP contribution in [0.3, 0.4) is 0 Å². The molecule has 9 heteroatoms. The number of ether oxygens (including phenoxy) is 2. The van der Waals surface area contributed by atoms with Crippen LogP contribution in [-0.4, -0.2) is 36.7 Å². The molecule has 0 radical (unpaired) electrons. The second-order valence-corrected chi connectivity index (χ2v) is 8.15. The van der Waals surface area contributed by atoms with E-state index in [1.54, 1.807) is 45.0 Å². The van der Waals surface area contributed by atoms with Gasteiger partial charge in [0.1, 0.15) is 5.60 Å². The van der Waals surface area contributed by atoms with E-state index in [0.717, 1.165) is 0 Å². The van der Waals surface area contributed by atoms with E-state index in [0.29, 0.717) is 16.4 Å². The van der Waals surface area contributed by atoms with Crippen molar-refractivity contribution in [1.29, 1.82) is 5.26 Å². The first-order valence-electron chi connectivity index (χ1n) is 9.79. The number of esters is 1. The molecule has 0 aromatic heterocycles. The zero-order chi connectivity index (χ0) is 23.7. The van der Waals surface area contributed by atoms with Crippen molar-refractivity contribution in [2.45, 2.75) is 32.8 Å². The molecule has 2 aromatic carbocycles. The summed E-state index contributed by atoms with van der Waals surface area (Å²) < 4.78 is 10.3. The van der Waals surface area contributed by atoms with Crippen LogP contribution < -0.4 is 10.2 Å². The van der Waals surface area contributed by atoms with Crippen LogP contribution in [0.4, 0.5) is 16.2 Å². The summed E-state index contributed by atoms with van der Waals surface area (Å²) in [6, 6.07) is 14.6. The summed E-state index contributed by atoms with van der Waals surface area (Å²) in [6.07, 6.45) is -0.505. The Bertz CT molecular complexity index is 1010. The van der Waals surface area contributed by atoms with Gasteiger partial charge in [0.05, 0.1) is 18.1 Å². The van der Waals surface area contributed by atoms with Crippen molar-refractivity contribution in [3.8, 4) is 6.07 Å². The van der Waals surface area contributed by atoms with Gasteiger partial charge in [-0.3, -0.25) is 10.1 Å². The molecule has 0 aliphatic rings. The molecule has 0 spiro atoms. The molecule has 0 aliphatic carbocycles. The van der Waals surface area contributed by atoms with Crippen LogP contribution in [0.2, 0.25) is 5.02 Å². The van der Waals surface area contributed by atoms with Crippen LogP contribution in [0.1, 0.15) is 37.6 Å². The molecule has 2 rings (SSSR count). The Morgan fingerprint density at radius 2 is 1.81 bits per heavy atom. The van der Waals surface area contributed by atoms with Gasteiger partial charge < -0.3 is 14.4 Å². The van der Waals surface area contributed by atoms with Gasteiger partial charge in [-0.2, -0.15) is 5.26 Å². The van der Waals surface area contributed by atoms with Gasteiger partial charge in [0, 0.05) is 22.9 Å². The highest BCUT2D eigenvalue weighted by atomic mass is 35.5. The predicted molar refractivity (Wildman–Crippen MR) is 121 cm³/mol. The Balaban J connectivity index is 1.97. The van der Waals surface area contributed by atoms with Crippen molar-refractivity contribution < 1.29 is 23.9 Å². The number of nitrogens with zero attached hydrogens (tertiary/aromatic N) is 2. The minimum absolute atomic E-state index is 0.109. The molecule has 2 aromatic rings. The van der Waals surface area contributed by atoms with Crippen LogP contribution >= 0.6 is 11.6 Å². The van der Waals surface area contributed by atoms with Crippen LogP contribution in [0, 0.1) is 11.3 Å². The fraction of sp³-hybridized carbons (Fsp3) is 0.304. The molecule has 0 fully saturated rings. The number of benzene rings is 2. The van der Waals surface area contributed by atoms with Crippen LogP contribution in [0.15, 0.2) is 48.5 Å². The van der Waals surface area contributed by atoms with E-state index in [2.05, 4.69) is 5.32 Å². The standard InChI is InChI=1S/C23H24ClN3O5/c1-23(2,3)32-22(30)26-18-10-8-16(9-11-18)21(29)31-15-20(28)27(13-5-12-25)19-7-4-6-17(24)14-19/h4,6-11,14H,5,13,15H2,1-3H3,(H,26,30). The molecular formula is C23H24ClN3O5. The third kappa shape index (κ3) is 7.93. The van der Waals surface area contributed by atoms with Gasteiger partial charge in [-0.1, -0.05) is 17.7 Å². The number of anilines is 2. The average molecular weight is 458 g/mol. The number of nitrogens with one attached hydrogen (secondary N) is 1. The zero-order valence-electron chi connectivity index (χ0n) is 18.1. The van der Waals surface area contributed by atoms with Crippen molar-refractivity contribution in [3.05, 3.63) is 59.1 Å². The zero-order valence-corrected chi connectivity index (χ0v) is 18.8. The van der Waals surface area contributed by atoms with Gasteiger partial charge in [0.25, 0.3) is 5.91 Å².